The molecule has 4 rings (SSSR count). The Hall–Kier alpha value is -2.90. The summed E-state index contributed by atoms with van der Waals surface area (Å²) in [5.74, 6) is 2.92. The molecule has 0 atom stereocenters. The van der Waals surface area contributed by atoms with Crippen molar-refractivity contribution < 1.29 is 4.79 Å². The second-order valence-electron chi connectivity index (χ2n) is 7.32. The van der Waals surface area contributed by atoms with Crippen molar-refractivity contribution >= 4 is 23.5 Å². The lowest BCUT2D eigenvalue weighted by molar-refractivity contribution is -0.129. The van der Waals surface area contributed by atoms with Gasteiger partial charge in [-0.1, -0.05) is 6.07 Å². The summed E-state index contributed by atoms with van der Waals surface area (Å²) < 4.78 is 0. The maximum Gasteiger partial charge on any atom is 0.227 e. The largest absolute Gasteiger partial charge is 0.353 e. The monoisotopic (exact) mass is 381 g/mol. The predicted octanol–water partition coefficient (Wildman–Crippen LogP) is 1.18. The first-order valence-electron chi connectivity index (χ1n) is 9.87. The molecule has 0 N–H and O–H groups in total. The number of piperazine rings is 2. The third-order valence-corrected chi connectivity index (χ3v) is 5.41. The lowest BCUT2D eigenvalue weighted by atomic mass is 10.3. The molecule has 2 fully saturated rings. The van der Waals surface area contributed by atoms with Crippen LogP contribution in [0, 0.1) is 6.92 Å². The van der Waals surface area contributed by atoms with E-state index in [0.29, 0.717) is 0 Å². The summed E-state index contributed by atoms with van der Waals surface area (Å²) >= 11 is 0. The van der Waals surface area contributed by atoms with E-state index in [1.807, 2.05) is 30.2 Å². The number of rotatable bonds is 3. The van der Waals surface area contributed by atoms with E-state index in [1.54, 1.807) is 6.92 Å². The predicted molar refractivity (Wildman–Crippen MR) is 110 cm³/mol. The number of hydrogen-bond acceptors (Lipinski definition) is 7. The zero-order valence-corrected chi connectivity index (χ0v) is 16.6. The van der Waals surface area contributed by atoms with Gasteiger partial charge in [-0.15, -0.1) is 0 Å². The van der Waals surface area contributed by atoms with E-state index in [9.17, 15) is 4.79 Å². The van der Waals surface area contributed by atoms with Crippen LogP contribution in [0.4, 0.5) is 17.6 Å². The fourth-order valence-corrected chi connectivity index (χ4v) is 3.77. The van der Waals surface area contributed by atoms with Crippen molar-refractivity contribution in [1.29, 1.82) is 0 Å². The van der Waals surface area contributed by atoms with Crippen LogP contribution in [0.25, 0.3) is 0 Å². The summed E-state index contributed by atoms with van der Waals surface area (Å²) in [6.45, 7) is 10.3. The molecule has 2 saturated heterocycles. The lowest BCUT2D eigenvalue weighted by Gasteiger charge is -2.37. The average molecular weight is 381 g/mol. The topological polar surface area (TPSA) is 68.7 Å². The van der Waals surface area contributed by atoms with Crippen LogP contribution < -0.4 is 14.7 Å². The van der Waals surface area contributed by atoms with E-state index in [1.165, 1.54) is 0 Å². The fourth-order valence-electron chi connectivity index (χ4n) is 3.77. The van der Waals surface area contributed by atoms with Gasteiger partial charge in [-0.3, -0.25) is 4.79 Å². The van der Waals surface area contributed by atoms with Gasteiger partial charge in [0.1, 0.15) is 11.6 Å². The number of carbonyl (C=O) groups is 1. The highest BCUT2D eigenvalue weighted by Crippen LogP contribution is 2.21. The van der Waals surface area contributed by atoms with E-state index in [2.05, 4.69) is 36.8 Å². The lowest BCUT2D eigenvalue weighted by Crippen LogP contribution is -2.49. The minimum absolute atomic E-state index is 0.135. The SMILES string of the molecule is CC(=O)N1CCN(c2nc(C)cc(N3CCN(c4ccccn4)CC3)n2)CC1. The minimum atomic E-state index is 0.135. The number of hydrogen-bond donors (Lipinski definition) is 0. The van der Waals surface area contributed by atoms with Gasteiger partial charge in [0, 0.05) is 77.2 Å². The Labute approximate surface area is 165 Å². The Balaban J connectivity index is 1.43. The van der Waals surface area contributed by atoms with Crippen LogP contribution in [0.5, 0.6) is 0 Å². The van der Waals surface area contributed by atoms with Crippen LogP contribution in [0.2, 0.25) is 0 Å². The summed E-state index contributed by atoms with van der Waals surface area (Å²) in [6, 6.07) is 8.09. The number of anilines is 3. The highest BCUT2D eigenvalue weighted by molar-refractivity contribution is 5.73. The van der Waals surface area contributed by atoms with Gasteiger partial charge in [-0.05, 0) is 19.1 Å². The van der Waals surface area contributed by atoms with Gasteiger partial charge in [0.2, 0.25) is 11.9 Å². The van der Waals surface area contributed by atoms with Crippen molar-refractivity contribution in [2.75, 3.05) is 67.1 Å². The molecule has 0 radical (unpaired) electrons. The Kier molecular flexibility index (Phi) is 5.27. The second kappa shape index (κ2) is 8.00. The van der Waals surface area contributed by atoms with Crippen LogP contribution in [0.3, 0.4) is 0 Å². The molecule has 28 heavy (non-hydrogen) atoms. The molecule has 148 valence electrons. The molecule has 2 aromatic heterocycles. The standard InChI is InChI=1S/C20H27N7O/c1-16-15-19(23-20(22-16)27-13-7-24(8-14-27)17(2)28)26-11-9-25(10-12-26)18-5-3-4-6-21-18/h3-6,15H,7-14H2,1-2H3. The van der Waals surface area contributed by atoms with E-state index in [0.717, 1.165) is 75.6 Å². The van der Waals surface area contributed by atoms with Gasteiger partial charge in [0.25, 0.3) is 0 Å². The molecule has 8 nitrogen and oxygen atoms in total. The van der Waals surface area contributed by atoms with Crippen molar-refractivity contribution in [1.82, 2.24) is 19.9 Å². The Morgan fingerprint density at radius 3 is 2.11 bits per heavy atom. The van der Waals surface area contributed by atoms with Crippen LogP contribution >= 0.6 is 0 Å². The number of pyridine rings is 1. The van der Waals surface area contributed by atoms with Crippen molar-refractivity contribution in [2.24, 2.45) is 0 Å². The third kappa shape index (κ3) is 4.00. The fraction of sp³-hybridized carbons (Fsp3) is 0.500. The van der Waals surface area contributed by atoms with E-state index >= 15 is 0 Å². The molecule has 2 aliphatic rings. The summed E-state index contributed by atoms with van der Waals surface area (Å²) in [5, 5.41) is 0. The minimum Gasteiger partial charge on any atom is -0.353 e. The van der Waals surface area contributed by atoms with Gasteiger partial charge < -0.3 is 19.6 Å². The number of nitrogens with zero attached hydrogens (tertiary/aromatic N) is 7. The van der Waals surface area contributed by atoms with Crippen LogP contribution in [-0.4, -0.2) is 78.1 Å². The quantitative estimate of drug-likeness (QED) is 0.791. The molecular weight excluding hydrogens is 354 g/mol. The number of carbonyl (C=O) groups excluding carboxylic acids is 1. The average Bonchev–Trinajstić information content (AvgIpc) is 2.74. The van der Waals surface area contributed by atoms with E-state index in [-0.39, 0.29) is 5.91 Å². The molecule has 0 aromatic carbocycles. The van der Waals surface area contributed by atoms with Gasteiger partial charge in [-0.2, -0.15) is 4.98 Å². The number of amides is 1. The maximum atomic E-state index is 11.5. The van der Waals surface area contributed by atoms with Crippen molar-refractivity contribution in [3.05, 3.63) is 36.2 Å². The molecule has 0 aliphatic carbocycles. The van der Waals surface area contributed by atoms with Gasteiger partial charge in [0.15, 0.2) is 0 Å². The molecule has 8 heteroatoms. The Morgan fingerprint density at radius 1 is 0.857 bits per heavy atom. The third-order valence-electron chi connectivity index (χ3n) is 5.41. The Bertz CT molecular complexity index is 813. The van der Waals surface area contributed by atoms with Crippen molar-refractivity contribution in [2.45, 2.75) is 13.8 Å². The molecule has 0 bridgehead atoms. The van der Waals surface area contributed by atoms with Crippen molar-refractivity contribution in [3.63, 3.8) is 0 Å². The highest BCUT2D eigenvalue weighted by Gasteiger charge is 2.23. The summed E-state index contributed by atoms with van der Waals surface area (Å²) in [4.78, 5) is 34.2. The first kappa shape index (κ1) is 18.5. The molecule has 2 aliphatic heterocycles. The molecule has 0 saturated carbocycles. The molecular formula is C20H27N7O. The summed E-state index contributed by atoms with van der Waals surface area (Å²) in [5.41, 5.74) is 0.973. The van der Waals surface area contributed by atoms with E-state index in [4.69, 9.17) is 4.98 Å². The zero-order valence-electron chi connectivity index (χ0n) is 16.6. The summed E-state index contributed by atoms with van der Waals surface area (Å²) in [6.07, 6.45) is 1.84. The highest BCUT2D eigenvalue weighted by atomic mass is 16.2. The van der Waals surface area contributed by atoms with Crippen LogP contribution in [0.15, 0.2) is 30.5 Å². The van der Waals surface area contributed by atoms with Gasteiger partial charge in [0.05, 0.1) is 0 Å². The number of aryl methyl sites for hydroxylation is 1. The van der Waals surface area contributed by atoms with Crippen molar-refractivity contribution in [3.8, 4) is 0 Å². The van der Waals surface area contributed by atoms with Crippen LogP contribution in [0.1, 0.15) is 12.6 Å². The first-order valence-corrected chi connectivity index (χ1v) is 9.87. The van der Waals surface area contributed by atoms with Crippen LogP contribution in [-0.2, 0) is 4.79 Å². The second-order valence-corrected chi connectivity index (χ2v) is 7.32. The number of aromatic nitrogens is 3. The molecule has 1 amide bonds. The van der Waals surface area contributed by atoms with Gasteiger partial charge >= 0.3 is 0 Å². The van der Waals surface area contributed by atoms with E-state index < -0.39 is 0 Å². The maximum absolute atomic E-state index is 11.5. The first-order chi connectivity index (χ1) is 13.6. The van der Waals surface area contributed by atoms with Gasteiger partial charge in [-0.25, -0.2) is 9.97 Å². The molecule has 2 aromatic rings. The Morgan fingerprint density at radius 2 is 1.50 bits per heavy atom. The normalized spacial score (nSPS) is 17.8. The molecule has 0 unspecified atom stereocenters. The summed E-state index contributed by atoms with van der Waals surface area (Å²) in [7, 11) is 0. The zero-order chi connectivity index (χ0) is 19.5. The smallest absolute Gasteiger partial charge is 0.227 e. The molecule has 0 spiro atoms. The molecule has 4 heterocycles.